The van der Waals surface area contributed by atoms with E-state index >= 15 is 0 Å². The average Bonchev–Trinajstić information content (AvgIpc) is 3.04. The molecule has 0 saturated carbocycles. The lowest BCUT2D eigenvalue weighted by Crippen LogP contribution is -2.52. The molecule has 1 aliphatic rings. The zero-order valence-electron chi connectivity index (χ0n) is 10.9. The van der Waals surface area contributed by atoms with Gasteiger partial charge in [0, 0.05) is 17.5 Å². The summed E-state index contributed by atoms with van der Waals surface area (Å²) in [4.78, 5) is 7.86. The van der Waals surface area contributed by atoms with Gasteiger partial charge in [-0.15, -0.1) is 0 Å². The molecule has 0 spiro atoms. The van der Waals surface area contributed by atoms with Crippen LogP contribution in [0.25, 0.3) is 22.2 Å². The van der Waals surface area contributed by atoms with Crippen molar-refractivity contribution in [3.05, 3.63) is 42.5 Å². The summed E-state index contributed by atoms with van der Waals surface area (Å²) in [5, 5.41) is 1.08. The summed E-state index contributed by atoms with van der Waals surface area (Å²) in [5.74, 6) is 0.895. The second kappa shape index (κ2) is 4.19. The largest absolute Gasteiger partial charge is 0.464 e. The molecule has 3 heterocycles. The highest BCUT2D eigenvalue weighted by molar-refractivity contribution is 5.92. The Morgan fingerprint density at radius 1 is 1.30 bits per heavy atom. The first-order chi connectivity index (χ1) is 9.82. The molecule has 5 heteroatoms. The van der Waals surface area contributed by atoms with Crippen molar-refractivity contribution in [3.8, 4) is 11.3 Å². The number of hydrogen-bond donors (Lipinski definition) is 2. The smallest absolute Gasteiger partial charge is 0.134 e. The molecule has 0 radical (unpaired) electrons. The fourth-order valence-electron chi connectivity index (χ4n) is 2.61. The summed E-state index contributed by atoms with van der Waals surface area (Å²) in [7, 11) is 0. The molecule has 2 aromatic heterocycles. The molecule has 0 atom stereocenters. The van der Waals surface area contributed by atoms with Crippen LogP contribution in [0.2, 0.25) is 0 Å². The normalized spacial score (nSPS) is 17.2. The second-order valence-electron chi connectivity index (χ2n) is 5.27. The van der Waals surface area contributed by atoms with E-state index in [2.05, 4.69) is 9.97 Å². The van der Waals surface area contributed by atoms with E-state index in [0.717, 1.165) is 28.1 Å². The summed E-state index contributed by atoms with van der Waals surface area (Å²) in [6.45, 7) is 1.79. The van der Waals surface area contributed by atoms with Gasteiger partial charge in [-0.1, -0.05) is 18.2 Å². The number of furan rings is 1. The lowest BCUT2D eigenvalue weighted by molar-refractivity contribution is -0.0589. The average molecular weight is 269 g/mol. The Hall–Kier alpha value is -2.11. The fourth-order valence-corrected chi connectivity index (χ4v) is 2.61. The molecule has 0 aliphatic carbocycles. The summed E-state index contributed by atoms with van der Waals surface area (Å²) in [5.41, 5.74) is 8.55. The Morgan fingerprint density at radius 2 is 2.15 bits per heavy atom. The van der Waals surface area contributed by atoms with Gasteiger partial charge in [-0.2, -0.15) is 0 Å². The van der Waals surface area contributed by atoms with Crippen LogP contribution in [0.5, 0.6) is 0 Å². The molecule has 3 N–H and O–H groups in total. The molecule has 20 heavy (non-hydrogen) atoms. The van der Waals surface area contributed by atoms with Gasteiger partial charge in [0.25, 0.3) is 0 Å². The highest BCUT2D eigenvalue weighted by Crippen LogP contribution is 2.33. The van der Waals surface area contributed by atoms with Crippen molar-refractivity contribution >= 4 is 11.0 Å². The van der Waals surface area contributed by atoms with E-state index in [0.29, 0.717) is 19.8 Å². The molecule has 1 aromatic carbocycles. The van der Waals surface area contributed by atoms with Gasteiger partial charge in [-0.05, 0) is 6.07 Å². The van der Waals surface area contributed by atoms with Crippen LogP contribution in [0.3, 0.4) is 0 Å². The number of para-hydroxylation sites is 1. The first-order valence-electron chi connectivity index (χ1n) is 6.62. The van der Waals surface area contributed by atoms with Gasteiger partial charge in [-0.25, -0.2) is 4.98 Å². The Kier molecular flexibility index (Phi) is 2.45. The zero-order chi connectivity index (χ0) is 13.6. The van der Waals surface area contributed by atoms with Crippen LogP contribution < -0.4 is 5.73 Å². The second-order valence-corrected chi connectivity index (χ2v) is 5.27. The minimum absolute atomic E-state index is 0.155. The van der Waals surface area contributed by atoms with Crippen molar-refractivity contribution in [2.75, 3.05) is 19.8 Å². The van der Waals surface area contributed by atoms with E-state index in [-0.39, 0.29) is 5.41 Å². The van der Waals surface area contributed by atoms with Crippen LogP contribution >= 0.6 is 0 Å². The Balaban J connectivity index is 1.78. The number of nitrogens with two attached hydrogens (primary N) is 1. The van der Waals surface area contributed by atoms with Crippen molar-refractivity contribution in [2.24, 2.45) is 5.73 Å². The highest BCUT2D eigenvalue weighted by Gasteiger charge is 2.41. The molecule has 0 amide bonds. The number of benzene rings is 1. The Labute approximate surface area is 115 Å². The van der Waals surface area contributed by atoms with Gasteiger partial charge in [0.1, 0.15) is 17.7 Å². The summed E-state index contributed by atoms with van der Waals surface area (Å²) >= 11 is 0. The van der Waals surface area contributed by atoms with Gasteiger partial charge in [0.15, 0.2) is 0 Å². The molecule has 0 bridgehead atoms. The number of nitrogens with one attached hydrogen (secondary N) is 1. The lowest BCUT2D eigenvalue weighted by atomic mass is 9.85. The number of aromatic nitrogens is 2. The number of H-pyrrole nitrogens is 1. The van der Waals surface area contributed by atoms with E-state index in [1.165, 1.54) is 0 Å². The molecule has 1 aliphatic heterocycles. The monoisotopic (exact) mass is 269 g/mol. The van der Waals surface area contributed by atoms with Gasteiger partial charge in [0.2, 0.25) is 0 Å². The van der Waals surface area contributed by atoms with Gasteiger partial charge in [-0.3, -0.25) is 0 Å². The first-order valence-corrected chi connectivity index (χ1v) is 6.62. The number of fused-ring (bicyclic) bond motifs is 1. The molecule has 102 valence electrons. The van der Waals surface area contributed by atoms with Crippen molar-refractivity contribution in [1.29, 1.82) is 0 Å². The maximum Gasteiger partial charge on any atom is 0.134 e. The minimum Gasteiger partial charge on any atom is -0.464 e. The van der Waals surface area contributed by atoms with E-state index < -0.39 is 0 Å². The van der Waals surface area contributed by atoms with Gasteiger partial charge in [0.05, 0.1) is 30.5 Å². The lowest BCUT2D eigenvalue weighted by Gasteiger charge is -2.38. The van der Waals surface area contributed by atoms with Crippen LogP contribution in [-0.2, 0) is 10.2 Å². The van der Waals surface area contributed by atoms with Gasteiger partial charge < -0.3 is 19.9 Å². The molecule has 5 nitrogen and oxygen atoms in total. The maximum atomic E-state index is 5.86. The van der Waals surface area contributed by atoms with Crippen molar-refractivity contribution in [1.82, 2.24) is 9.97 Å². The summed E-state index contributed by atoms with van der Waals surface area (Å²) in [6, 6.07) is 7.96. The molecular weight excluding hydrogens is 254 g/mol. The van der Waals surface area contributed by atoms with Crippen LogP contribution in [-0.4, -0.2) is 29.7 Å². The number of imidazole rings is 1. The van der Waals surface area contributed by atoms with E-state index in [1.807, 2.05) is 30.5 Å². The first kappa shape index (κ1) is 11.7. The predicted molar refractivity (Wildman–Crippen MR) is 75.3 cm³/mol. The van der Waals surface area contributed by atoms with Crippen LogP contribution in [0.15, 0.2) is 41.1 Å². The Bertz CT molecular complexity index is 750. The predicted octanol–water partition coefficient (Wildman–Crippen LogP) is 2.05. The quantitative estimate of drug-likeness (QED) is 0.763. The van der Waals surface area contributed by atoms with Crippen molar-refractivity contribution in [3.63, 3.8) is 0 Å². The fraction of sp³-hybridized carbons (Fsp3) is 0.267. The molecule has 1 saturated heterocycles. The molecule has 1 fully saturated rings. The van der Waals surface area contributed by atoms with Crippen LogP contribution in [0.4, 0.5) is 0 Å². The third-order valence-electron chi connectivity index (χ3n) is 4.00. The SMILES string of the molecule is NCC1(c2ncc(-c3coc4ccccc34)[nH]2)COC1. The zero-order valence-corrected chi connectivity index (χ0v) is 10.9. The standard InChI is InChI=1S/C15H15N3O2/c16-7-15(8-19-9-15)14-17-5-12(18-14)11-6-20-13-4-2-1-3-10(11)13/h1-6H,7-9,16H2,(H,17,18). The molecular formula is C15H15N3O2. The molecule has 0 unspecified atom stereocenters. The van der Waals surface area contributed by atoms with E-state index in [1.54, 1.807) is 6.26 Å². The van der Waals surface area contributed by atoms with E-state index in [9.17, 15) is 0 Å². The van der Waals surface area contributed by atoms with Gasteiger partial charge >= 0.3 is 0 Å². The maximum absolute atomic E-state index is 5.86. The molecule has 4 rings (SSSR count). The summed E-state index contributed by atoms with van der Waals surface area (Å²) < 4.78 is 10.9. The minimum atomic E-state index is -0.155. The number of ether oxygens (including phenoxy) is 1. The van der Waals surface area contributed by atoms with Crippen molar-refractivity contribution in [2.45, 2.75) is 5.41 Å². The topological polar surface area (TPSA) is 77.1 Å². The molecule has 3 aromatic rings. The van der Waals surface area contributed by atoms with E-state index in [4.69, 9.17) is 14.9 Å². The van der Waals surface area contributed by atoms with Crippen LogP contribution in [0, 0.1) is 0 Å². The number of aromatic amines is 1. The van der Waals surface area contributed by atoms with Crippen molar-refractivity contribution < 1.29 is 9.15 Å². The third-order valence-corrected chi connectivity index (χ3v) is 4.00. The third kappa shape index (κ3) is 1.54. The number of nitrogens with zero attached hydrogens (tertiary/aromatic N) is 1. The number of rotatable bonds is 3. The number of hydrogen-bond acceptors (Lipinski definition) is 4. The van der Waals surface area contributed by atoms with Crippen LogP contribution in [0.1, 0.15) is 5.82 Å². The Morgan fingerprint density at radius 3 is 2.90 bits per heavy atom. The highest BCUT2D eigenvalue weighted by atomic mass is 16.5. The summed E-state index contributed by atoms with van der Waals surface area (Å²) in [6.07, 6.45) is 3.59.